The molecular weight excluding hydrogens is 416 g/mol. The first-order valence-corrected chi connectivity index (χ1v) is 8.55. The number of methoxy groups -OCH3 is 1. The Morgan fingerprint density at radius 1 is 1.11 bits per heavy atom. The first-order chi connectivity index (χ1) is 12.9. The lowest BCUT2D eigenvalue weighted by molar-refractivity contribution is -0.122. The number of halogens is 1. The average molecular weight is 429 g/mol. The molecule has 2 aromatic carbocycles. The van der Waals surface area contributed by atoms with Crippen molar-refractivity contribution >= 4 is 51.5 Å². The van der Waals surface area contributed by atoms with E-state index in [4.69, 9.17) is 0 Å². The molecule has 0 aromatic heterocycles. The molecule has 0 saturated carbocycles. The first kappa shape index (κ1) is 18.5. The number of nitrogens with one attached hydrogen (secondary N) is 1. The molecule has 0 radical (unpaired) electrons. The van der Waals surface area contributed by atoms with Crippen LogP contribution in [0.5, 0.6) is 0 Å². The second kappa shape index (κ2) is 7.55. The summed E-state index contributed by atoms with van der Waals surface area (Å²) >= 11 is 3.28. The summed E-state index contributed by atoms with van der Waals surface area (Å²) in [5, 5.41) is 2.16. The number of barbiturate groups is 1. The quantitative estimate of drug-likeness (QED) is 0.460. The summed E-state index contributed by atoms with van der Waals surface area (Å²) in [6, 6.07) is 11.9. The zero-order valence-electron chi connectivity index (χ0n) is 14.1. The number of benzene rings is 2. The largest absolute Gasteiger partial charge is 0.465 e. The van der Waals surface area contributed by atoms with Crippen molar-refractivity contribution in [3.05, 3.63) is 69.7 Å². The summed E-state index contributed by atoms with van der Waals surface area (Å²) in [7, 11) is 1.27. The number of urea groups is 1. The second-order valence-corrected chi connectivity index (χ2v) is 6.47. The van der Waals surface area contributed by atoms with Gasteiger partial charge in [-0.1, -0.05) is 34.1 Å². The predicted molar refractivity (Wildman–Crippen MR) is 101 cm³/mol. The van der Waals surface area contributed by atoms with Gasteiger partial charge in [0.15, 0.2) is 0 Å². The van der Waals surface area contributed by atoms with Crippen LogP contribution in [0.1, 0.15) is 15.9 Å². The number of carbonyl (C=O) groups is 4. The van der Waals surface area contributed by atoms with Crippen LogP contribution in [0, 0.1) is 0 Å². The van der Waals surface area contributed by atoms with E-state index in [1.54, 1.807) is 36.4 Å². The molecule has 1 aliphatic heterocycles. The van der Waals surface area contributed by atoms with Crippen molar-refractivity contribution in [1.82, 2.24) is 5.32 Å². The van der Waals surface area contributed by atoms with Gasteiger partial charge in [-0.15, -0.1) is 0 Å². The molecule has 7 nitrogen and oxygen atoms in total. The lowest BCUT2D eigenvalue weighted by Gasteiger charge is -2.26. The number of ether oxygens (including phenoxy) is 1. The topological polar surface area (TPSA) is 92.8 Å². The van der Waals surface area contributed by atoms with Gasteiger partial charge in [-0.3, -0.25) is 14.9 Å². The molecule has 0 atom stereocenters. The third-order valence-electron chi connectivity index (χ3n) is 3.81. The molecule has 3 rings (SSSR count). The number of hydrogen-bond donors (Lipinski definition) is 1. The molecule has 0 bridgehead atoms. The number of hydrogen-bond acceptors (Lipinski definition) is 5. The van der Waals surface area contributed by atoms with Gasteiger partial charge in [0.1, 0.15) is 5.57 Å². The molecule has 4 amide bonds. The third kappa shape index (κ3) is 3.80. The molecule has 1 fully saturated rings. The molecular formula is C19H13BrN2O5. The maximum absolute atomic E-state index is 12.8. The summed E-state index contributed by atoms with van der Waals surface area (Å²) < 4.78 is 5.31. The summed E-state index contributed by atoms with van der Waals surface area (Å²) in [6.07, 6.45) is 1.36. The molecule has 8 heteroatoms. The van der Waals surface area contributed by atoms with E-state index < -0.39 is 23.8 Å². The molecule has 136 valence electrons. The van der Waals surface area contributed by atoms with Gasteiger partial charge >= 0.3 is 12.0 Å². The van der Waals surface area contributed by atoms with Crippen LogP contribution in [-0.4, -0.2) is 30.9 Å². The normalized spacial score (nSPS) is 15.7. The van der Waals surface area contributed by atoms with Gasteiger partial charge in [0, 0.05) is 4.47 Å². The van der Waals surface area contributed by atoms with Crippen LogP contribution >= 0.6 is 15.9 Å². The van der Waals surface area contributed by atoms with Crippen molar-refractivity contribution < 1.29 is 23.9 Å². The second-order valence-electron chi connectivity index (χ2n) is 5.55. The number of carbonyl (C=O) groups excluding carboxylic acids is 4. The summed E-state index contributed by atoms with van der Waals surface area (Å²) in [4.78, 5) is 49.4. The average Bonchev–Trinajstić information content (AvgIpc) is 2.65. The third-order valence-corrected chi connectivity index (χ3v) is 4.30. The highest BCUT2D eigenvalue weighted by Gasteiger charge is 2.36. The van der Waals surface area contributed by atoms with Crippen LogP contribution in [0.3, 0.4) is 0 Å². The zero-order valence-corrected chi connectivity index (χ0v) is 15.6. The summed E-state index contributed by atoms with van der Waals surface area (Å²) in [6.45, 7) is 0. The van der Waals surface area contributed by atoms with Crippen LogP contribution in [0.4, 0.5) is 10.5 Å². The van der Waals surface area contributed by atoms with E-state index in [9.17, 15) is 19.2 Å². The molecule has 0 unspecified atom stereocenters. The van der Waals surface area contributed by atoms with Crippen molar-refractivity contribution in [3.63, 3.8) is 0 Å². The minimum atomic E-state index is -0.818. The van der Waals surface area contributed by atoms with Crippen LogP contribution < -0.4 is 10.2 Å². The Labute approximate surface area is 162 Å². The molecule has 2 aromatic rings. The van der Waals surface area contributed by atoms with Gasteiger partial charge in [0.05, 0.1) is 18.4 Å². The van der Waals surface area contributed by atoms with E-state index in [1.807, 2.05) is 0 Å². The summed E-state index contributed by atoms with van der Waals surface area (Å²) in [5.74, 6) is -2.01. The lowest BCUT2D eigenvalue weighted by Crippen LogP contribution is -2.54. The number of anilines is 1. The van der Waals surface area contributed by atoms with E-state index in [0.29, 0.717) is 21.3 Å². The minimum absolute atomic E-state index is 0.194. The maximum Gasteiger partial charge on any atom is 0.337 e. The molecule has 1 heterocycles. The van der Waals surface area contributed by atoms with Gasteiger partial charge in [-0.25, -0.2) is 14.5 Å². The fraction of sp³-hybridized carbons (Fsp3) is 0.0526. The van der Waals surface area contributed by atoms with Gasteiger partial charge in [0.2, 0.25) is 0 Å². The first-order valence-electron chi connectivity index (χ1n) is 7.76. The Kier molecular flexibility index (Phi) is 5.18. The standard InChI is InChI=1S/C19H13BrN2O5/c1-27-18(25)12-7-5-11(6-8-12)9-15-16(23)21-19(26)22(17(15)24)14-4-2-3-13(20)10-14/h2-10H,1H3,(H,21,23,26). The molecule has 1 aliphatic rings. The van der Waals surface area contributed by atoms with Crippen molar-refractivity contribution in [3.8, 4) is 0 Å². The number of esters is 1. The lowest BCUT2D eigenvalue weighted by atomic mass is 10.1. The van der Waals surface area contributed by atoms with Gasteiger partial charge in [-0.2, -0.15) is 0 Å². The Morgan fingerprint density at radius 2 is 1.81 bits per heavy atom. The van der Waals surface area contributed by atoms with Crippen molar-refractivity contribution in [2.75, 3.05) is 12.0 Å². The smallest absolute Gasteiger partial charge is 0.337 e. The summed E-state index contributed by atoms with van der Waals surface area (Å²) in [5.41, 5.74) is 0.987. The number of rotatable bonds is 3. The fourth-order valence-corrected chi connectivity index (χ4v) is 2.89. The number of nitrogens with zero attached hydrogens (tertiary/aromatic N) is 1. The van der Waals surface area contributed by atoms with Crippen LogP contribution in [0.25, 0.3) is 6.08 Å². The molecule has 0 aliphatic carbocycles. The van der Waals surface area contributed by atoms with Crippen molar-refractivity contribution in [2.45, 2.75) is 0 Å². The van der Waals surface area contributed by atoms with Gasteiger partial charge in [0.25, 0.3) is 11.8 Å². The van der Waals surface area contributed by atoms with Crippen molar-refractivity contribution in [1.29, 1.82) is 0 Å². The molecule has 1 saturated heterocycles. The zero-order chi connectivity index (χ0) is 19.6. The van der Waals surface area contributed by atoms with Gasteiger partial charge in [-0.05, 0) is 42.0 Å². The Morgan fingerprint density at radius 3 is 2.44 bits per heavy atom. The van der Waals surface area contributed by atoms with E-state index >= 15 is 0 Å². The highest BCUT2D eigenvalue weighted by atomic mass is 79.9. The van der Waals surface area contributed by atoms with Crippen LogP contribution in [0.2, 0.25) is 0 Å². The van der Waals surface area contributed by atoms with Gasteiger partial charge < -0.3 is 4.74 Å². The maximum atomic E-state index is 12.8. The van der Waals surface area contributed by atoms with Crippen molar-refractivity contribution in [2.24, 2.45) is 0 Å². The highest BCUT2D eigenvalue weighted by Crippen LogP contribution is 2.24. The molecule has 0 spiro atoms. The highest BCUT2D eigenvalue weighted by molar-refractivity contribution is 9.10. The van der Waals surface area contributed by atoms with Crippen LogP contribution in [-0.2, 0) is 14.3 Å². The monoisotopic (exact) mass is 428 g/mol. The fourth-order valence-electron chi connectivity index (χ4n) is 2.51. The van der Waals surface area contributed by atoms with E-state index in [2.05, 4.69) is 26.0 Å². The number of amides is 4. The number of imide groups is 2. The SMILES string of the molecule is COC(=O)c1ccc(C=C2C(=O)NC(=O)N(c3cccc(Br)c3)C2=O)cc1. The van der Waals surface area contributed by atoms with E-state index in [-0.39, 0.29) is 5.57 Å². The Hall–Kier alpha value is -3.26. The Bertz CT molecular complexity index is 982. The van der Waals surface area contributed by atoms with E-state index in [1.165, 1.54) is 25.3 Å². The Balaban J connectivity index is 1.95. The molecule has 1 N–H and O–H groups in total. The molecule has 27 heavy (non-hydrogen) atoms. The van der Waals surface area contributed by atoms with E-state index in [0.717, 1.165) is 4.90 Å². The van der Waals surface area contributed by atoms with Crippen LogP contribution in [0.15, 0.2) is 58.6 Å². The minimum Gasteiger partial charge on any atom is -0.465 e. The predicted octanol–water partition coefficient (Wildman–Crippen LogP) is 2.90.